The number of nitrogens with one attached hydrogen (secondary N) is 1. The number of aromatic nitrogens is 1. The zero-order chi connectivity index (χ0) is 20.1. The van der Waals surface area contributed by atoms with Crippen LogP contribution in [0.2, 0.25) is 0 Å². The number of amides is 2. The summed E-state index contributed by atoms with van der Waals surface area (Å²) >= 11 is 0. The van der Waals surface area contributed by atoms with E-state index >= 15 is 0 Å². The average molecular weight is 384 g/mol. The van der Waals surface area contributed by atoms with Crippen LogP contribution in [0.4, 0.5) is 16.3 Å². The fourth-order valence-corrected chi connectivity index (χ4v) is 3.12. The van der Waals surface area contributed by atoms with Gasteiger partial charge in [0.1, 0.15) is 5.82 Å². The minimum absolute atomic E-state index is 0.0998. The van der Waals surface area contributed by atoms with Crippen LogP contribution in [-0.4, -0.2) is 22.7 Å². The van der Waals surface area contributed by atoms with Gasteiger partial charge in [-0.25, -0.2) is 9.78 Å². The highest BCUT2D eigenvalue weighted by atomic mass is 16.7. The SMILES string of the molecule is Nc1ccc(C#Cc2cccc(NC(=O)N3OCC[C@H]3c3ccccc3)c2)cn1. The Morgan fingerprint density at radius 3 is 2.69 bits per heavy atom. The number of hydrogen-bond donors (Lipinski definition) is 2. The molecule has 0 spiro atoms. The summed E-state index contributed by atoms with van der Waals surface area (Å²) in [4.78, 5) is 22.4. The zero-order valence-electron chi connectivity index (χ0n) is 15.7. The van der Waals surface area contributed by atoms with Gasteiger partial charge in [0.15, 0.2) is 0 Å². The van der Waals surface area contributed by atoms with Crippen molar-refractivity contribution in [1.82, 2.24) is 10.0 Å². The Balaban J connectivity index is 1.46. The number of nitrogens with two attached hydrogens (primary N) is 1. The standard InChI is InChI=1S/C23H20N4O2/c24-22-12-11-18(16-25-22)10-9-17-5-4-8-20(15-17)26-23(28)27-21(13-14-29-27)19-6-2-1-3-7-19/h1-8,11-12,15-16,21H,13-14H2,(H2,24,25)(H,26,28)/t21-/m0/s1. The monoisotopic (exact) mass is 384 g/mol. The van der Waals surface area contributed by atoms with Crippen molar-refractivity contribution in [1.29, 1.82) is 0 Å². The number of carbonyl (C=O) groups excluding carboxylic acids is 1. The largest absolute Gasteiger partial charge is 0.384 e. The lowest BCUT2D eigenvalue weighted by Crippen LogP contribution is -2.33. The van der Waals surface area contributed by atoms with Gasteiger partial charge in [0.2, 0.25) is 0 Å². The fraction of sp³-hybridized carbons (Fsp3) is 0.130. The molecule has 0 bridgehead atoms. The van der Waals surface area contributed by atoms with Gasteiger partial charge in [-0.3, -0.25) is 4.84 Å². The highest BCUT2D eigenvalue weighted by Crippen LogP contribution is 2.30. The summed E-state index contributed by atoms with van der Waals surface area (Å²) in [5.74, 6) is 6.56. The number of hydrogen-bond acceptors (Lipinski definition) is 4. The number of pyridine rings is 1. The van der Waals surface area contributed by atoms with Crippen molar-refractivity contribution in [3.05, 3.63) is 89.6 Å². The Morgan fingerprint density at radius 2 is 1.90 bits per heavy atom. The number of nitrogens with zero attached hydrogens (tertiary/aromatic N) is 2. The highest BCUT2D eigenvalue weighted by Gasteiger charge is 2.31. The molecule has 6 nitrogen and oxygen atoms in total. The van der Waals surface area contributed by atoms with E-state index in [4.69, 9.17) is 10.6 Å². The molecular formula is C23H20N4O2. The molecule has 1 saturated heterocycles. The first-order valence-electron chi connectivity index (χ1n) is 9.31. The first-order chi connectivity index (χ1) is 14.2. The van der Waals surface area contributed by atoms with Crippen LogP contribution in [0.25, 0.3) is 0 Å². The van der Waals surface area contributed by atoms with Crippen LogP contribution < -0.4 is 11.1 Å². The molecule has 3 N–H and O–H groups in total. The number of rotatable bonds is 2. The maximum Gasteiger partial charge on any atom is 0.346 e. The average Bonchev–Trinajstić information content (AvgIpc) is 3.24. The van der Waals surface area contributed by atoms with Gasteiger partial charge in [0, 0.05) is 29.4 Å². The van der Waals surface area contributed by atoms with Gasteiger partial charge in [-0.15, -0.1) is 0 Å². The molecule has 2 aromatic carbocycles. The molecule has 29 heavy (non-hydrogen) atoms. The molecular weight excluding hydrogens is 364 g/mol. The number of hydroxylamine groups is 2. The first kappa shape index (κ1) is 18.5. The van der Waals surface area contributed by atoms with E-state index < -0.39 is 0 Å². The molecule has 0 radical (unpaired) electrons. The van der Waals surface area contributed by atoms with Crippen LogP contribution in [0.3, 0.4) is 0 Å². The summed E-state index contributed by atoms with van der Waals surface area (Å²) < 4.78 is 0. The van der Waals surface area contributed by atoms with Gasteiger partial charge in [0.25, 0.3) is 0 Å². The Kier molecular flexibility index (Phi) is 5.41. The van der Waals surface area contributed by atoms with Crippen LogP contribution in [0.5, 0.6) is 0 Å². The van der Waals surface area contributed by atoms with E-state index in [1.54, 1.807) is 12.3 Å². The Morgan fingerprint density at radius 1 is 1.07 bits per heavy atom. The molecule has 1 atom stereocenters. The third-order valence-electron chi connectivity index (χ3n) is 4.54. The molecule has 1 aliphatic rings. The van der Waals surface area contributed by atoms with Gasteiger partial charge in [-0.05, 0) is 35.9 Å². The smallest absolute Gasteiger partial charge is 0.346 e. The number of urea groups is 1. The lowest BCUT2D eigenvalue weighted by Gasteiger charge is -2.23. The lowest BCUT2D eigenvalue weighted by molar-refractivity contribution is -0.0829. The molecule has 0 unspecified atom stereocenters. The topological polar surface area (TPSA) is 80.5 Å². The molecule has 144 valence electrons. The summed E-state index contributed by atoms with van der Waals surface area (Å²) in [5, 5.41) is 4.31. The van der Waals surface area contributed by atoms with Crippen molar-refractivity contribution in [2.75, 3.05) is 17.7 Å². The van der Waals surface area contributed by atoms with Gasteiger partial charge in [0.05, 0.1) is 12.6 Å². The van der Waals surface area contributed by atoms with E-state index in [2.05, 4.69) is 22.1 Å². The van der Waals surface area contributed by atoms with E-state index in [0.29, 0.717) is 18.1 Å². The minimum Gasteiger partial charge on any atom is -0.384 e. The Hall–Kier alpha value is -3.82. The van der Waals surface area contributed by atoms with E-state index in [-0.39, 0.29) is 12.1 Å². The van der Waals surface area contributed by atoms with Crippen LogP contribution in [0, 0.1) is 11.8 Å². The molecule has 4 rings (SSSR count). The summed E-state index contributed by atoms with van der Waals surface area (Å²) in [5.41, 5.74) is 8.84. The van der Waals surface area contributed by atoms with Gasteiger partial charge >= 0.3 is 6.03 Å². The first-order valence-corrected chi connectivity index (χ1v) is 9.31. The minimum atomic E-state index is -0.302. The second-order valence-electron chi connectivity index (χ2n) is 6.61. The van der Waals surface area contributed by atoms with Crippen LogP contribution >= 0.6 is 0 Å². The van der Waals surface area contributed by atoms with Crippen molar-refractivity contribution in [3.63, 3.8) is 0 Å². The molecule has 2 amide bonds. The van der Waals surface area contributed by atoms with Crippen molar-refractivity contribution in [3.8, 4) is 11.8 Å². The van der Waals surface area contributed by atoms with Crippen molar-refractivity contribution in [2.24, 2.45) is 0 Å². The van der Waals surface area contributed by atoms with Crippen molar-refractivity contribution < 1.29 is 9.63 Å². The number of carbonyl (C=O) groups is 1. The van der Waals surface area contributed by atoms with E-state index in [0.717, 1.165) is 23.1 Å². The van der Waals surface area contributed by atoms with Crippen molar-refractivity contribution in [2.45, 2.75) is 12.5 Å². The zero-order valence-corrected chi connectivity index (χ0v) is 15.7. The molecule has 1 aromatic heterocycles. The summed E-state index contributed by atoms with van der Waals surface area (Å²) in [6.07, 6.45) is 2.39. The Bertz CT molecular complexity index is 1060. The van der Waals surface area contributed by atoms with Gasteiger partial charge < -0.3 is 11.1 Å². The fourth-order valence-electron chi connectivity index (χ4n) is 3.12. The maximum absolute atomic E-state index is 12.8. The van der Waals surface area contributed by atoms with E-state index in [1.807, 2.05) is 60.7 Å². The van der Waals surface area contributed by atoms with E-state index in [9.17, 15) is 4.79 Å². The molecule has 1 fully saturated rings. The third-order valence-corrected chi connectivity index (χ3v) is 4.54. The molecule has 3 aromatic rings. The second-order valence-corrected chi connectivity index (χ2v) is 6.61. The van der Waals surface area contributed by atoms with E-state index in [1.165, 1.54) is 5.06 Å². The molecule has 0 aliphatic carbocycles. The number of nitrogen functional groups attached to an aromatic ring is 1. The van der Waals surface area contributed by atoms with Gasteiger partial charge in [-0.2, -0.15) is 5.06 Å². The van der Waals surface area contributed by atoms with Crippen LogP contribution in [0.1, 0.15) is 29.2 Å². The molecule has 6 heteroatoms. The highest BCUT2D eigenvalue weighted by molar-refractivity contribution is 5.89. The maximum atomic E-state index is 12.8. The van der Waals surface area contributed by atoms with Crippen molar-refractivity contribution >= 4 is 17.5 Å². The number of anilines is 2. The van der Waals surface area contributed by atoms with Gasteiger partial charge in [-0.1, -0.05) is 48.2 Å². The normalized spacial score (nSPS) is 15.4. The molecule has 0 saturated carbocycles. The summed E-state index contributed by atoms with van der Waals surface area (Å²) in [6, 6.07) is 20.4. The number of benzene rings is 2. The van der Waals surface area contributed by atoms with Crippen LogP contribution in [0.15, 0.2) is 72.9 Å². The Labute approximate surface area is 169 Å². The lowest BCUT2D eigenvalue weighted by atomic mass is 10.1. The quantitative estimate of drug-likeness (QED) is 0.655. The third kappa shape index (κ3) is 4.54. The summed E-state index contributed by atoms with van der Waals surface area (Å²) in [7, 11) is 0. The molecule has 1 aliphatic heterocycles. The molecule has 2 heterocycles. The summed E-state index contributed by atoms with van der Waals surface area (Å²) in [6.45, 7) is 0.508. The predicted octanol–water partition coefficient (Wildman–Crippen LogP) is 3.97. The predicted molar refractivity (Wildman–Crippen MR) is 112 cm³/mol. The van der Waals surface area contributed by atoms with Crippen LogP contribution in [-0.2, 0) is 4.84 Å². The second kappa shape index (κ2) is 8.46.